The number of halogens is 1. The van der Waals surface area contributed by atoms with Gasteiger partial charge >= 0.3 is 0 Å². The first-order valence-corrected chi connectivity index (χ1v) is 9.98. The molecule has 2 N–H and O–H groups in total. The van der Waals surface area contributed by atoms with E-state index in [1.165, 1.54) is 10.5 Å². The Morgan fingerprint density at radius 1 is 1.03 bits per heavy atom. The molecule has 2 heterocycles. The molecule has 8 nitrogen and oxygen atoms in total. The maximum atomic E-state index is 12.4. The first kappa shape index (κ1) is 23.5. The average molecular weight is 545 g/mol. The van der Waals surface area contributed by atoms with Crippen LogP contribution in [0.15, 0.2) is 64.2 Å². The van der Waals surface area contributed by atoms with E-state index in [0.717, 1.165) is 11.3 Å². The minimum absolute atomic E-state index is 0. The van der Waals surface area contributed by atoms with Crippen molar-refractivity contribution in [3.8, 4) is 11.5 Å². The first-order chi connectivity index (χ1) is 15.1. The number of aliphatic imine (C=N–C) groups is 1. The molecule has 0 spiro atoms. The van der Waals surface area contributed by atoms with Gasteiger partial charge in [-0.15, -0.1) is 24.0 Å². The smallest absolute Gasteiger partial charge is 0.261 e. The zero-order valence-corrected chi connectivity index (χ0v) is 20.1. The van der Waals surface area contributed by atoms with Gasteiger partial charge in [-0.3, -0.25) is 19.5 Å². The second kappa shape index (κ2) is 10.4. The number of carbonyl (C=O) groups is 2. The van der Waals surface area contributed by atoms with Crippen molar-refractivity contribution in [3.63, 3.8) is 0 Å². The van der Waals surface area contributed by atoms with Crippen LogP contribution in [0.3, 0.4) is 0 Å². The van der Waals surface area contributed by atoms with Gasteiger partial charge in [0.05, 0.1) is 23.4 Å². The molecule has 0 bridgehead atoms. The Bertz CT molecular complexity index is 1110. The summed E-state index contributed by atoms with van der Waals surface area (Å²) in [5, 5.41) is 6.27. The number of hydrogen-bond acceptors (Lipinski definition) is 5. The van der Waals surface area contributed by atoms with Crippen molar-refractivity contribution in [2.24, 2.45) is 4.99 Å². The number of oxazole rings is 1. The highest BCUT2D eigenvalue weighted by molar-refractivity contribution is 14.0. The van der Waals surface area contributed by atoms with Crippen molar-refractivity contribution in [3.05, 3.63) is 77.2 Å². The third-order valence-electron chi connectivity index (χ3n) is 5.02. The summed E-state index contributed by atoms with van der Waals surface area (Å²) >= 11 is 0. The lowest BCUT2D eigenvalue weighted by molar-refractivity contribution is 0.0657. The maximum Gasteiger partial charge on any atom is 0.261 e. The lowest BCUT2D eigenvalue weighted by atomic mass is 10.1. The molecule has 2 aromatic carbocycles. The van der Waals surface area contributed by atoms with Gasteiger partial charge in [0.1, 0.15) is 6.26 Å². The number of benzene rings is 2. The summed E-state index contributed by atoms with van der Waals surface area (Å²) in [5.41, 5.74) is 3.73. The first-order valence-electron chi connectivity index (χ1n) is 9.98. The van der Waals surface area contributed by atoms with Gasteiger partial charge in [-0.05, 0) is 31.2 Å². The molecule has 0 radical (unpaired) electrons. The lowest BCUT2D eigenvalue weighted by Crippen LogP contribution is -2.42. The Hall–Kier alpha value is -3.21. The molecular weight excluding hydrogens is 521 g/mol. The van der Waals surface area contributed by atoms with E-state index in [2.05, 4.69) is 20.6 Å². The predicted molar refractivity (Wildman–Crippen MR) is 132 cm³/mol. The number of carbonyl (C=O) groups excluding carboxylic acids is 2. The summed E-state index contributed by atoms with van der Waals surface area (Å²) in [6.07, 6.45) is 1.61. The van der Waals surface area contributed by atoms with E-state index in [1.54, 1.807) is 37.6 Å². The van der Waals surface area contributed by atoms with Crippen molar-refractivity contribution in [1.29, 1.82) is 0 Å². The van der Waals surface area contributed by atoms with E-state index in [9.17, 15) is 9.59 Å². The fourth-order valence-electron chi connectivity index (χ4n) is 3.34. The predicted octanol–water partition coefficient (Wildman–Crippen LogP) is 3.23. The van der Waals surface area contributed by atoms with Crippen LogP contribution in [-0.2, 0) is 6.54 Å². The number of rotatable bonds is 6. The van der Waals surface area contributed by atoms with Crippen molar-refractivity contribution >= 4 is 41.8 Å². The van der Waals surface area contributed by atoms with Crippen LogP contribution in [-0.4, -0.2) is 47.8 Å². The fraction of sp³-hybridized carbons (Fsp3) is 0.217. The van der Waals surface area contributed by atoms with Crippen LogP contribution in [0.25, 0.3) is 11.5 Å². The topological polar surface area (TPSA) is 99.8 Å². The molecule has 9 heteroatoms. The standard InChI is InChI=1S/C23H23N5O3.HI/c1-15-7-9-16(10-8-15)20-27-17(14-31-20)13-26-23(24-2)25-11-12-28-21(29)18-5-3-4-6-19(18)22(28)30;/h3-10,14H,11-13H2,1-2H3,(H2,24,25,26);1H. The van der Waals surface area contributed by atoms with Crippen LogP contribution < -0.4 is 10.6 Å². The maximum absolute atomic E-state index is 12.4. The number of guanidine groups is 1. The van der Waals surface area contributed by atoms with Crippen LogP contribution in [0.1, 0.15) is 32.0 Å². The Morgan fingerprint density at radius 2 is 1.69 bits per heavy atom. The number of aromatic nitrogens is 1. The van der Waals surface area contributed by atoms with E-state index in [-0.39, 0.29) is 42.3 Å². The highest BCUT2D eigenvalue weighted by Crippen LogP contribution is 2.22. The number of amides is 2. The molecule has 0 atom stereocenters. The van der Waals surface area contributed by atoms with E-state index in [4.69, 9.17) is 4.42 Å². The van der Waals surface area contributed by atoms with Crippen molar-refractivity contribution in [2.75, 3.05) is 20.1 Å². The highest BCUT2D eigenvalue weighted by Gasteiger charge is 2.34. The number of hydrogen-bond donors (Lipinski definition) is 2. The van der Waals surface area contributed by atoms with Crippen LogP contribution in [0.2, 0.25) is 0 Å². The van der Waals surface area contributed by atoms with Crippen LogP contribution in [0, 0.1) is 6.92 Å². The van der Waals surface area contributed by atoms with E-state index >= 15 is 0 Å². The van der Waals surface area contributed by atoms with Gasteiger partial charge in [0.2, 0.25) is 5.89 Å². The number of nitrogens with one attached hydrogen (secondary N) is 2. The van der Waals surface area contributed by atoms with Gasteiger partial charge in [-0.25, -0.2) is 4.98 Å². The number of imide groups is 1. The Balaban J connectivity index is 0.00000289. The summed E-state index contributed by atoms with van der Waals surface area (Å²) < 4.78 is 5.57. The average Bonchev–Trinajstić information content (AvgIpc) is 3.35. The molecule has 3 aromatic rings. The molecule has 0 saturated heterocycles. The molecule has 0 unspecified atom stereocenters. The quantitative estimate of drug-likeness (QED) is 0.214. The van der Waals surface area contributed by atoms with Crippen LogP contribution >= 0.6 is 24.0 Å². The zero-order valence-electron chi connectivity index (χ0n) is 17.8. The Kier molecular flexibility index (Phi) is 7.62. The van der Waals surface area contributed by atoms with Gasteiger partial charge in [-0.2, -0.15) is 0 Å². The lowest BCUT2D eigenvalue weighted by Gasteiger charge is -2.16. The van der Waals surface area contributed by atoms with Crippen LogP contribution in [0.5, 0.6) is 0 Å². The van der Waals surface area contributed by atoms with E-state index in [1.807, 2.05) is 31.2 Å². The van der Waals surface area contributed by atoms with Gasteiger partial charge in [-0.1, -0.05) is 29.8 Å². The van der Waals surface area contributed by atoms with Gasteiger partial charge in [0.15, 0.2) is 5.96 Å². The molecular formula is C23H24IN5O3. The second-order valence-corrected chi connectivity index (χ2v) is 7.17. The zero-order chi connectivity index (χ0) is 21.8. The third-order valence-corrected chi connectivity index (χ3v) is 5.02. The molecule has 0 saturated carbocycles. The van der Waals surface area contributed by atoms with E-state index in [0.29, 0.717) is 36.1 Å². The van der Waals surface area contributed by atoms with Gasteiger partial charge < -0.3 is 15.1 Å². The molecule has 2 amide bonds. The molecule has 166 valence electrons. The normalized spacial score (nSPS) is 13.1. The molecule has 1 aliphatic rings. The van der Waals surface area contributed by atoms with Crippen molar-refractivity contribution < 1.29 is 14.0 Å². The van der Waals surface area contributed by atoms with Crippen LogP contribution in [0.4, 0.5) is 0 Å². The van der Waals surface area contributed by atoms with Gasteiger partial charge in [0.25, 0.3) is 11.8 Å². The Morgan fingerprint density at radius 3 is 2.31 bits per heavy atom. The largest absolute Gasteiger partial charge is 0.444 e. The summed E-state index contributed by atoms with van der Waals surface area (Å²) in [4.78, 5) is 34.7. The third kappa shape index (κ3) is 4.98. The number of aryl methyl sites for hydroxylation is 1. The SMILES string of the molecule is CN=C(NCCN1C(=O)c2ccccc2C1=O)NCc1coc(-c2ccc(C)cc2)n1.I. The summed E-state index contributed by atoms with van der Waals surface area (Å²) in [6.45, 7) is 3.07. The highest BCUT2D eigenvalue weighted by atomic mass is 127. The second-order valence-electron chi connectivity index (χ2n) is 7.17. The monoisotopic (exact) mass is 545 g/mol. The molecule has 1 aromatic heterocycles. The summed E-state index contributed by atoms with van der Waals surface area (Å²) in [6, 6.07) is 14.8. The number of fused-ring (bicyclic) bond motifs is 1. The summed E-state index contributed by atoms with van der Waals surface area (Å²) in [7, 11) is 1.65. The summed E-state index contributed by atoms with van der Waals surface area (Å²) in [5.74, 6) is 0.565. The van der Waals surface area contributed by atoms with Gasteiger partial charge in [0, 0.05) is 25.7 Å². The molecule has 0 aliphatic carbocycles. The Labute approximate surface area is 203 Å². The minimum Gasteiger partial charge on any atom is -0.444 e. The number of nitrogens with zero attached hydrogens (tertiary/aromatic N) is 3. The van der Waals surface area contributed by atoms with Crippen molar-refractivity contribution in [2.45, 2.75) is 13.5 Å². The van der Waals surface area contributed by atoms with E-state index < -0.39 is 0 Å². The molecule has 0 fully saturated rings. The molecule has 1 aliphatic heterocycles. The molecule has 32 heavy (non-hydrogen) atoms. The fourth-order valence-corrected chi connectivity index (χ4v) is 3.34. The minimum atomic E-state index is -0.267. The molecule has 4 rings (SSSR count). The van der Waals surface area contributed by atoms with Crippen molar-refractivity contribution in [1.82, 2.24) is 20.5 Å².